The Morgan fingerprint density at radius 1 is 1.14 bits per heavy atom. The van der Waals surface area contributed by atoms with Crippen LogP contribution in [0.1, 0.15) is 17.7 Å². The second-order valence-corrected chi connectivity index (χ2v) is 9.21. The van der Waals surface area contributed by atoms with Crippen LogP contribution >= 0.6 is 11.8 Å². The number of thioether (sulfide) groups is 1. The number of furan rings is 1. The van der Waals surface area contributed by atoms with Gasteiger partial charge in [-0.25, -0.2) is 0 Å². The fourth-order valence-electron chi connectivity index (χ4n) is 4.11. The van der Waals surface area contributed by atoms with E-state index in [9.17, 15) is 4.79 Å². The van der Waals surface area contributed by atoms with Crippen molar-refractivity contribution >= 4 is 28.6 Å². The fraction of sp³-hybridized carbons (Fsp3) is 0.185. The number of benzene rings is 2. The van der Waals surface area contributed by atoms with Gasteiger partial charge in [0, 0.05) is 29.2 Å². The summed E-state index contributed by atoms with van der Waals surface area (Å²) in [5.74, 6) is 1.44. The number of aromatic amines is 1. The van der Waals surface area contributed by atoms with E-state index in [4.69, 9.17) is 9.68 Å². The summed E-state index contributed by atoms with van der Waals surface area (Å²) in [6.45, 7) is 2.70. The summed E-state index contributed by atoms with van der Waals surface area (Å²) in [5.41, 5.74) is 3.98. The predicted octanol–water partition coefficient (Wildman–Crippen LogP) is 5.35. The van der Waals surface area contributed by atoms with Gasteiger partial charge in [-0.2, -0.15) is 5.26 Å². The number of amides is 1. The lowest BCUT2D eigenvalue weighted by molar-refractivity contribution is -0.129. The zero-order valence-electron chi connectivity index (χ0n) is 19.7. The molecule has 1 amide bonds. The molecule has 0 radical (unpaired) electrons. The lowest BCUT2D eigenvalue weighted by atomic mass is 10.1. The highest BCUT2D eigenvalue weighted by molar-refractivity contribution is 7.99. The molecule has 5 aromatic rings. The SMILES string of the molecule is Cc1ccccc1-n1c(SCC(=O)N(CCC#N)Cc2ccco2)nnc1-c1c[nH]c2ccccc12. The Morgan fingerprint density at radius 3 is 2.78 bits per heavy atom. The molecule has 0 spiro atoms. The van der Waals surface area contributed by atoms with Gasteiger partial charge in [-0.05, 0) is 36.8 Å². The van der Waals surface area contributed by atoms with Gasteiger partial charge in [0.05, 0.1) is 36.7 Å². The molecule has 0 atom stereocenters. The van der Waals surface area contributed by atoms with Crippen molar-refractivity contribution in [3.8, 4) is 23.1 Å². The molecule has 0 aliphatic rings. The topological polar surface area (TPSA) is 104 Å². The van der Waals surface area contributed by atoms with Gasteiger partial charge in [-0.1, -0.05) is 48.2 Å². The molecule has 1 N–H and O–H groups in total. The van der Waals surface area contributed by atoms with Crippen molar-refractivity contribution in [2.75, 3.05) is 12.3 Å². The summed E-state index contributed by atoms with van der Waals surface area (Å²) in [6, 6.07) is 21.8. The molecule has 3 aromatic heterocycles. The number of nitriles is 1. The number of hydrogen-bond acceptors (Lipinski definition) is 6. The molecule has 36 heavy (non-hydrogen) atoms. The van der Waals surface area contributed by atoms with Crippen molar-refractivity contribution in [2.45, 2.75) is 25.0 Å². The summed E-state index contributed by atoms with van der Waals surface area (Å²) >= 11 is 1.33. The number of nitrogens with zero attached hydrogens (tertiary/aromatic N) is 5. The third-order valence-corrected chi connectivity index (χ3v) is 6.83. The first-order chi connectivity index (χ1) is 17.7. The highest BCUT2D eigenvalue weighted by atomic mass is 32.2. The van der Waals surface area contributed by atoms with E-state index < -0.39 is 0 Å². The monoisotopic (exact) mass is 496 g/mol. The molecule has 180 valence electrons. The quantitative estimate of drug-likeness (QED) is 0.276. The van der Waals surface area contributed by atoms with Crippen LogP contribution in [0, 0.1) is 18.3 Å². The van der Waals surface area contributed by atoms with Gasteiger partial charge in [-0.3, -0.25) is 9.36 Å². The van der Waals surface area contributed by atoms with Crippen molar-refractivity contribution in [1.82, 2.24) is 24.6 Å². The van der Waals surface area contributed by atoms with Crippen LogP contribution < -0.4 is 0 Å². The number of fused-ring (bicyclic) bond motifs is 1. The van der Waals surface area contributed by atoms with Crippen LogP contribution in [-0.4, -0.2) is 42.9 Å². The summed E-state index contributed by atoms with van der Waals surface area (Å²) in [7, 11) is 0. The van der Waals surface area contributed by atoms with Gasteiger partial charge in [0.2, 0.25) is 5.91 Å². The minimum absolute atomic E-state index is 0.0976. The number of carbonyl (C=O) groups is 1. The van der Waals surface area contributed by atoms with Crippen LogP contribution in [0.2, 0.25) is 0 Å². The van der Waals surface area contributed by atoms with E-state index in [1.54, 1.807) is 17.2 Å². The van der Waals surface area contributed by atoms with Crippen LogP contribution in [0.25, 0.3) is 28.0 Å². The number of H-pyrrole nitrogens is 1. The minimum atomic E-state index is -0.0976. The van der Waals surface area contributed by atoms with Gasteiger partial charge < -0.3 is 14.3 Å². The van der Waals surface area contributed by atoms with Gasteiger partial charge in [0.1, 0.15) is 5.76 Å². The third kappa shape index (κ3) is 4.76. The zero-order valence-corrected chi connectivity index (χ0v) is 20.5. The largest absolute Gasteiger partial charge is 0.467 e. The highest BCUT2D eigenvalue weighted by Crippen LogP contribution is 2.33. The Morgan fingerprint density at radius 2 is 1.97 bits per heavy atom. The smallest absolute Gasteiger partial charge is 0.233 e. The molecule has 0 fully saturated rings. The van der Waals surface area contributed by atoms with Crippen molar-refractivity contribution < 1.29 is 9.21 Å². The summed E-state index contributed by atoms with van der Waals surface area (Å²) in [4.78, 5) is 18.1. The Balaban J connectivity index is 1.47. The van der Waals surface area contributed by atoms with Crippen LogP contribution in [0.5, 0.6) is 0 Å². The molecule has 2 aromatic carbocycles. The van der Waals surface area contributed by atoms with Crippen molar-refractivity contribution in [2.24, 2.45) is 0 Å². The molecule has 8 nitrogen and oxygen atoms in total. The van der Waals surface area contributed by atoms with Crippen molar-refractivity contribution in [3.05, 3.63) is 84.4 Å². The molecule has 9 heteroatoms. The molecule has 0 unspecified atom stereocenters. The van der Waals surface area contributed by atoms with Crippen molar-refractivity contribution in [1.29, 1.82) is 5.26 Å². The zero-order chi connectivity index (χ0) is 24.9. The maximum absolute atomic E-state index is 13.2. The average Bonchev–Trinajstić information content (AvgIpc) is 3.65. The maximum atomic E-state index is 13.2. The Labute approximate surface area is 212 Å². The molecule has 0 aliphatic heterocycles. The normalized spacial score (nSPS) is 11.0. The highest BCUT2D eigenvalue weighted by Gasteiger charge is 2.22. The second-order valence-electron chi connectivity index (χ2n) is 8.27. The van der Waals surface area contributed by atoms with E-state index in [1.165, 1.54) is 11.8 Å². The van der Waals surface area contributed by atoms with E-state index in [2.05, 4.69) is 27.3 Å². The average molecular weight is 497 g/mol. The molecule has 5 rings (SSSR count). The maximum Gasteiger partial charge on any atom is 0.233 e. The number of rotatable bonds is 9. The molecule has 0 saturated heterocycles. The van der Waals surface area contributed by atoms with Crippen LogP contribution in [-0.2, 0) is 11.3 Å². The Hall–Kier alpha value is -4.29. The fourth-order valence-corrected chi connectivity index (χ4v) is 4.96. The van der Waals surface area contributed by atoms with Crippen LogP contribution in [0.3, 0.4) is 0 Å². The summed E-state index contributed by atoms with van der Waals surface area (Å²) in [6.07, 6.45) is 3.77. The van der Waals surface area contributed by atoms with Gasteiger partial charge in [0.25, 0.3) is 0 Å². The lowest BCUT2D eigenvalue weighted by Gasteiger charge is -2.20. The molecular formula is C27H24N6O2S. The summed E-state index contributed by atoms with van der Waals surface area (Å²) < 4.78 is 7.42. The number of para-hydroxylation sites is 2. The van der Waals surface area contributed by atoms with E-state index in [0.717, 1.165) is 27.7 Å². The molecule has 3 heterocycles. The van der Waals surface area contributed by atoms with E-state index >= 15 is 0 Å². The Kier molecular flexibility index (Phi) is 6.87. The number of aromatic nitrogens is 4. The summed E-state index contributed by atoms with van der Waals surface area (Å²) in [5, 5.41) is 19.8. The third-order valence-electron chi connectivity index (χ3n) is 5.92. The Bertz CT molecular complexity index is 1530. The predicted molar refractivity (Wildman–Crippen MR) is 138 cm³/mol. The van der Waals surface area contributed by atoms with E-state index in [-0.39, 0.29) is 18.1 Å². The molecule has 0 saturated carbocycles. The molecule has 0 bridgehead atoms. The molecule has 0 aliphatic carbocycles. The number of hydrogen-bond donors (Lipinski definition) is 1. The van der Waals surface area contributed by atoms with E-state index in [0.29, 0.717) is 29.8 Å². The lowest BCUT2D eigenvalue weighted by Crippen LogP contribution is -2.32. The van der Waals surface area contributed by atoms with Crippen LogP contribution in [0.15, 0.2) is 82.7 Å². The number of nitrogens with one attached hydrogen (secondary N) is 1. The van der Waals surface area contributed by atoms with Crippen molar-refractivity contribution in [3.63, 3.8) is 0 Å². The molecular weight excluding hydrogens is 472 g/mol. The number of carbonyl (C=O) groups excluding carboxylic acids is 1. The van der Waals surface area contributed by atoms with Gasteiger partial charge in [-0.15, -0.1) is 10.2 Å². The standard InChI is InChI=1S/C27H24N6O2S/c1-19-8-2-5-12-24(19)33-26(22-16-29-23-11-4-3-10-21(22)23)30-31-27(33)36-18-25(34)32(14-7-13-28)17-20-9-6-15-35-20/h2-6,8-12,15-16,29H,7,14,17-18H2,1H3. The minimum Gasteiger partial charge on any atom is -0.467 e. The number of aryl methyl sites for hydroxylation is 1. The van der Waals surface area contributed by atoms with Gasteiger partial charge >= 0.3 is 0 Å². The second kappa shape index (κ2) is 10.5. The van der Waals surface area contributed by atoms with Gasteiger partial charge in [0.15, 0.2) is 11.0 Å². The first kappa shape index (κ1) is 23.5. The van der Waals surface area contributed by atoms with E-state index in [1.807, 2.05) is 66.2 Å². The first-order valence-corrected chi connectivity index (χ1v) is 12.5. The first-order valence-electron chi connectivity index (χ1n) is 11.5. The van der Waals surface area contributed by atoms with Crippen LogP contribution in [0.4, 0.5) is 0 Å².